The van der Waals surface area contributed by atoms with Gasteiger partial charge in [-0.05, 0) is 55.4 Å². The van der Waals surface area contributed by atoms with Gasteiger partial charge in [0.2, 0.25) is 5.91 Å². The minimum absolute atomic E-state index is 0.106. The topological polar surface area (TPSA) is 46.3 Å². The summed E-state index contributed by atoms with van der Waals surface area (Å²) in [4.78, 5) is 16.4. The van der Waals surface area contributed by atoms with Crippen LogP contribution in [-0.2, 0) is 11.3 Å². The van der Waals surface area contributed by atoms with Crippen molar-refractivity contribution in [2.45, 2.75) is 50.7 Å². The number of nitrogens with zero attached hydrogens (tertiary/aromatic N) is 1. The highest BCUT2D eigenvalue weighted by Gasteiger charge is 2.51. The highest BCUT2D eigenvalue weighted by atomic mass is 32.1. The van der Waals surface area contributed by atoms with Crippen LogP contribution in [-0.4, -0.2) is 22.9 Å². The number of rotatable bonds is 4. The van der Waals surface area contributed by atoms with E-state index in [2.05, 4.69) is 22.4 Å². The lowest BCUT2D eigenvalue weighted by Crippen LogP contribution is -2.47. The van der Waals surface area contributed by atoms with Gasteiger partial charge in [0, 0.05) is 17.0 Å². The maximum Gasteiger partial charge on any atom is 0.228 e. The molecular formula is C16H22N2OS. The van der Waals surface area contributed by atoms with Gasteiger partial charge < -0.3 is 10.6 Å². The number of hydrogen-bond acceptors (Lipinski definition) is 3. The minimum Gasteiger partial charge on any atom is -0.334 e. The van der Waals surface area contributed by atoms with E-state index in [9.17, 15) is 4.79 Å². The van der Waals surface area contributed by atoms with Gasteiger partial charge >= 0.3 is 0 Å². The molecule has 0 spiro atoms. The molecule has 4 atom stereocenters. The molecule has 3 nitrogen and oxygen atoms in total. The van der Waals surface area contributed by atoms with Crippen LogP contribution < -0.4 is 5.73 Å². The van der Waals surface area contributed by atoms with Crippen molar-refractivity contribution in [1.29, 1.82) is 0 Å². The van der Waals surface area contributed by atoms with Crippen molar-refractivity contribution < 1.29 is 4.79 Å². The van der Waals surface area contributed by atoms with Crippen molar-refractivity contribution in [3.63, 3.8) is 0 Å². The average molecular weight is 290 g/mol. The van der Waals surface area contributed by atoms with E-state index in [-0.39, 0.29) is 12.0 Å². The maximum absolute atomic E-state index is 13.0. The van der Waals surface area contributed by atoms with Gasteiger partial charge in [-0.3, -0.25) is 4.79 Å². The molecule has 4 rings (SSSR count). The van der Waals surface area contributed by atoms with Crippen LogP contribution in [0.25, 0.3) is 0 Å². The van der Waals surface area contributed by atoms with E-state index in [0.29, 0.717) is 23.8 Å². The number of nitrogens with two attached hydrogens (primary N) is 1. The molecule has 108 valence electrons. The van der Waals surface area contributed by atoms with Crippen molar-refractivity contribution in [3.05, 3.63) is 22.4 Å². The van der Waals surface area contributed by atoms with Gasteiger partial charge in [-0.15, -0.1) is 11.3 Å². The normalized spacial score (nSPS) is 35.5. The van der Waals surface area contributed by atoms with Crippen LogP contribution in [0.2, 0.25) is 0 Å². The molecule has 1 aromatic heterocycles. The first kappa shape index (κ1) is 12.8. The van der Waals surface area contributed by atoms with Gasteiger partial charge in [0.05, 0.1) is 12.5 Å². The van der Waals surface area contributed by atoms with Gasteiger partial charge in [0.25, 0.3) is 0 Å². The van der Waals surface area contributed by atoms with Crippen LogP contribution >= 0.6 is 11.3 Å². The Morgan fingerprint density at radius 2 is 2.10 bits per heavy atom. The average Bonchev–Trinajstić information content (AvgIpc) is 2.89. The van der Waals surface area contributed by atoms with Gasteiger partial charge in [-0.1, -0.05) is 6.07 Å². The smallest absolute Gasteiger partial charge is 0.228 e. The summed E-state index contributed by atoms with van der Waals surface area (Å²) in [5.41, 5.74) is 6.35. The lowest BCUT2D eigenvalue weighted by Gasteiger charge is -2.32. The summed E-state index contributed by atoms with van der Waals surface area (Å²) in [6.45, 7) is 0.793. The van der Waals surface area contributed by atoms with Crippen molar-refractivity contribution in [2.75, 3.05) is 0 Å². The minimum atomic E-state index is 0.106. The highest BCUT2D eigenvalue weighted by Crippen LogP contribution is 2.49. The molecule has 1 amide bonds. The number of thiophene rings is 1. The predicted molar refractivity (Wildman–Crippen MR) is 80.2 cm³/mol. The molecule has 0 aromatic carbocycles. The third-order valence-electron chi connectivity index (χ3n) is 5.44. The van der Waals surface area contributed by atoms with E-state index in [1.807, 2.05) is 0 Å². The van der Waals surface area contributed by atoms with Crippen molar-refractivity contribution in [1.82, 2.24) is 4.90 Å². The van der Waals surface area contributed by atoms with Crippen LogP contribution in [0, 0.1) is 17.8 Å². The van der Waals surface area contributed by atoms with E-state index in [4.69, 9.17) is 5.73 Å². The summed E-state index contributed by atoms with van der Waals surface area (Å²) in [5.74, 6) is 1.62. The molecule has 20 heavy (non-hydrogen) atoms. The first-order valence-electron chi connectivity index (χ1n) is 7.82. The Balaban J connectivity index is 1.53. The molecule has 0 saturated heterocycles. The van der Waals surface area contributed by atoms with Crippen LogP contribution in [0.4, 0.5) is 0 Å². The van der Waals surface area contributed by atoms with Gasteiger partial charge in [0.1, 0.15) is 0 Å². The molecule has 3 aliphatic rings. The van der Waals surface area contributed by atoms with E-state index in [1.165, 1.54) is 37.0 Å². The monoisotopic (exact) mass is 290 g/mol. The van der Waals surface area contributed by atoms with E-state index >= 15 is 0 Å². The zero-order chi connectivity index (χ0) is 13.7. The quantitative estimate of drug-likeness (QED) is 0.926. The van der Waals surface area contributed by atoms with Crippen LogP contribution in [0.5, 0.6) is 0 Å². The Kier molecular flexibility index (Phi) is 3.11. The molecule has 2 N–H and O–H groups in total. The second-order valence-corrected chi connectivity index (χ2v) is 7.75. The van der Waals surface area contributed by atoms with Gasteiger partial charge in [-0.25, -0.2) is 0 Å². The third kappa shape index (κ3) is 2.09. The number of amides is 1. The lowest BCUT2D eigenvalue weighted by molar-refractivity contribution is -0.139. The number of hydrogen-bond donors (Lipinski definition) is 1. The van der Waals surface area contributed by atoms with Gasteiger partial charge in [0.15, 0.2) is 0 Å². The molecular weight excluding hydrogens is 268 g/mol. The van der Waals surface area contributed by atoms with Gasteiger partial charge in [-0.2, -0.15) is 0 Å². The second-order valence-electron chi connectivity index (χ2n) is 6.71. The highest BCUT2D eigenvalue weighted by molar-refractivity contribution is 7.09. The maximum atomic E-state index is 13.0. The molecule has 3 saturated carbocycles. The molecule has 3 fully saturated rings. The lowest BCUT2D eigenvalue weighted by atomic mass is 9.84. The predicted octanol–water partition coefficient (Wildman–Crippen LogP) is 2.61. The Labute approximate surface area is 124 Å². The van der Waals surface area contributed by atoms with E-state index in [0.717, 1.165) is 6.54 Å². The number of carbonyl (C=O) groups is 1. The SMILES string of the molecule is NC1C2CCC(C2)C1C(=O)N(Cc1cccs1)C1CC1. The van der Waals surface area contributed by atoms with Crippen LogP contribution in [0.15, 0.2) is 17.5 Å². The molecule has 4 unspecified atom stereocenters. The Morgan fingerprint density at radius 3 is 2.70 bits per heavy atom. The van der Waals surface area contributed by atoms with E-state index in [1.54, 1.807) is 11.3 Å². The summed E-state index contributed by atoms with van der Waals surface area (Å²) in [6, 6.07) is 4.80. The fraction of sp³-hybridized carbons (Fsp3) is 0.688. The standard InChI is InChI=1S/C16H22N2OS/c17-15-11-4-3-10(8-11)14(15)16(19)18(12-5-6-12)9-13-2-1-7-20-13/h1-2,7,10-12,14-15H,3-6,8-9,17H2. The summed E-state index contributed by atoms with van der Waals surface area (Å²) < 4.78 is 0. The number of fused-ring (bicyclic) bond motifs is 2. The summed E-state index contributed by atoms with van der Waals surface area (Å²) in [6.07, 6.45) is 5.99. The second kappa shape index (κ2) is 4.85. The van der Waals surface area contributed by atoms with Crippen molar-refractivity contribution in [2.24, 2.45) is 23.5 Å². The Hall–Kier alpha value is -0.870. The molecule has 2 bridgehead atoms. The van der Waals surface area contributed by atoms with Crippen LogP contribution in [0.1, 0.15) is 37.0 Å². The Morgan fingerprint density at radius 1 is 1.30 bits per heavy atom. The molecule has 0 radical (unpaired) electrons. The first-order valence-corrected chi connectivity index (χ1v) is 8.70. The van der Waals surface area contributed by atoms with Crippen molar-refractivity contribution >= 4 is 17.2 Å². The molecule has 3 aliphatic carbocycles. The largest absolute Gasteiger partial charge is 0.334 e. The number of carbonyl (C=O) groups excluding carboxylic acids is 1. The Bertz CT molecular complexity index is 495. The molecule has 1 heterocycles. The zero-order valence-electron chi connectivity index (χ0n) is 11.7. The molecule has 0 aliphatic heterocycles. The van der Waals surface area contributed by atoms with E-state index < -0.39 is 0 Å². The van der Waals surface area contributed by atoms with Crippen molar-refractivity contribution in [3.8, 4) is 0 Å². The molecule has 4 heteroatoms. The van der Waals surface area contributed by atoms with Crippen LogP contribution in [0.3, 0.4) is 0 Å². The third-order valence-corrected chi connectivity index (χ3v) is 6.30. The fourth-order valence-electron chi connectivity index (χ4n) is 4.24. The summed E-state index contributed by atoms with van der Waals surface area (Å²) in [7, 11) is 0. The summed E-state index contributed by atoms with van der Waals surface area (Å²) >= 11 is 1.75. The molecule has 1 aromatic rings. The fourth-order valence-corrected chi connectivity index (χ4v) is 4.94. The zero-order valence-corrected chi connectivity index (χ0v) is 12.5. The summed E-state index contributed by atoms with van der Waals surface area (Å²) in [5, 5.41) is 2.09. The first-order chi connectivity index (χ1) is 9.74.